The number of hydrogen-bond donors (Lipinski definition) is 0. The molecule has 2 aromatic rings. The summed E-state index contributed by atoms with van der Waals surface area (Å²) in [6, 6.07) is 6.32. The van der Waals surface area contributed by atoms with Crippen LogP contribution in [0, 0.1) is 13.8 Å². The fourth-order valence-electron chi connectivity index (χ4n) is 3.10. The van der Waals surface area contributed by atoms with Gasteiger partial charge in [-0.15, -0.1) is 0 Å². The molecule has 1 heterocycles. The predicted octanol–water partition coefficient (Wildman–Crippen LogP) is 3.96. The second-order valence-corrected chi connectivity index (χ2v) is 5.80. The van der Waals surface area contributed by atoms with Crippen LogP contribution in [0.1, 0.15) is 58.8 Å². The number of aryl methyl sites for hydroxylation is 2. The summed E-state index contributed by atoms with van der Waals surface area (Å²) in [6.45, 7) is 4.15. The van der Waals surface area contributed by atoms with E-state index in [2.05, 4.69) is 32.0 Å². The van der Waals surface area contributed by atoms with E-state index in [1.165, 1.54) is 24.0 Å². The molecule has 0 radical (unpaired) electrons. The van der Waals surface area contributed by atoms with Gasteiger partial charge in [-0.1, -0.05) is 25.0 Å². The highest BCUT2D eigenvalue weighted by atomic mass is 16.1. The molecule has 0 aliphatic heterocycles. The number of aldehydes is 1. The standard InChI is InChI=1S/C17H20N2O/c1-12-7-8-13(2)16(9-12)19-10-15(11-20)17(18-19)14-5-3-4-6-14/h7-11,14H,3-6H2,1-2H3. The molecule has 1 aliphatic rings. The summed E-state index contributed by atoms with van der Waals surface area (Å²) in [5.41, 5.74) is 5.18. The lowest BCUT2D eigenvalue weighted by Crippen LogP contribution is -2.01. The average molecular weight is 268 g/mol. The maximum atomic E-state index is 11.3. The fourth-order valence-corrected chi connectivity index (χ4v) is 3.10. The number of hydrogen-bond acceptors (Lipinski definition) is 2. The van der Waals surface area contributed by atoms with E-state index in [9.17, 15) is 4.79 Å². The van der Waals surface area contributed by atoms with Gasteiger partial charge in [0.15, 0.2) is 6.29 Å². The van der Waals surface area contributed by atoms with Crippen LogP contribution in [-0.2, 0) is 0 Å². The van der Waals surface area contributed by atoms with E-state index in [0.717, 1.165) is 36.1 Å². The van der Waals surface area contributed by atoms with Gasteiger partial charge in [0.2, 0.25) is 0 Å². The summed E-state index contributed by atoms with van der Waals surface area (Å²) in [4.78, 5) is 11.3. The first-order valence-electron chi connectivity index (χ1n) is 7.31. The van der Waals surface area contributed by atoms with Crippen molar-refractivity contribution in [1.29, 1.82) is 0 Å². The number of aromatic nitrogens is 2. The lowest BCUT2D eigenvalue weighted by Gasteiger charge is -2.08. The van der Waals surface area contributed by atoms with E-state index in [-0.39, 0.29) is 0 Å². The molecule has 3 heteroatoms. The molecule has 104 valence electrons. The predicted molar refractivity (Wildman–Crippen MR) is 79.6 cm³/mol. The molecule has 0 bridgehead atoms. The zero-order valence-corrected chi connectivity index (χ0v) is 12.1. The molecular weight excluding hydrogens is 248 g/mol. The van der Waals surface area contributed by atoms with Gasteiger partial charge >= 0.3 is 0 Å². The molecule has 3 nitrogen and oxygen atoms in total. The van der Waals surface area contributed by atoms with Crippen molar-refractivity contribution in [2.45, 2.75) is 45.4 Å². The van der Waals surface area contributed by atoms with Gasteiger partial charge in [0.1, 0.15) is 0 Å². The topological polar surface area (TPSA) is 34.9 Å². The Balaban J connectivity index is 2.06. The molecule has 1 aromatic heterocycles. The molecule has 0 saturated heterocycles. The summed E-state index contributed by atoms with van der Waals surface area (Å²) < 4.78 is 1.87. The van der Waals surface area contributed by atoms with Crippen molar-refractivity contribution in [3.05, 3.63) is 46.8 Å². The van der Waals surface area contributed by atoms with Crippen molar-refractivity contribution in [2.75, 3.05) is 0 Å². The van der Waals surface area contributed by atoms with E-state index >= 15 is 0 Å². The third-order valence-electron chi connectivity index (χ3n) is 4.25. The van der Waals surface area contributed by atoms with Gasteiger partial charge in [-0.2, -0.15) is 5.10 Å². The molecule has 1 aliphatic carbocycles. The van der Waals surface area contributed by atoms with Crippen LogP contribution in [0.3, 0.4) is 0 Å². The SMILES string of the molecule is Cc1ccc(C)c(-n2cc(C=O)c(C3CCCC3)n2)c1. The van der Waals surface area contributed by atoms with Crippen LogP contribution in [-0.4, -0.2) is 16.1 Å². The van der Waals surface area contributed by atoms with Crippen molar-refractivity contribution in [3.63, 3.8) is 0 Å². The summed E-state index contributed by atoms with van der Waals surface area (Å²) in [5, 5.41) is 4.72. The Labute approximate surface area is 119 Å². The first-order chi connectivity index (χ1) is 9.69. The van der Waals surface area contributed by atoms with Gasteiger partial charge in [-0.25, -0.2) is 4.68 Å². The van der Waals surface area contributed by atoms with Gasteiger partial charge in [0.25, 0.3) is 0 Å². The zero-order chi connectivity index (χ0) is 14.1. The highest BCUT2D eigenvalue weighted by Gasteiger charge is 2.23. The zero-order valence-electron chi connectivity index (χ0n) is 12.1. The normalized spacial score (nSPS) is 15.7. The largest absolute Gasteiger partial charge is 0.298 e. The second-order valence-electron chi connectivity index (χ2n) is 5.80. The minimum absolute atomic E-state index is 0.460. The van der Waals surface area contributed by atoms with Gasteiger partial charge in [0.05, 0.1) is 16.9 Å². The Bertz CT molecular complexity index is 636. The maximum Gasteiger partial charge on any atom is 0.153 e. The molecule has 0 N–H and O–H groups in total. The van der Waals surface area contributed by atoms with Crippen LogP contribution in [0.2, 0.25) is 0 Å². The molecule has 0 unspecified atom stereocenters. The lowest BCUT2D eigenvalue weighted by molar-refractivity contribution is 0.112. The Morgan fingerprint density at radius 1 is 1.25 bits per heavy atom. The number of carbonyl (C=O) groups is 1. The van der Waals surface area contributed by atoms with E-state index in [1.54, 1.807) is 0 Å². The summed E-state index contributed by atoms with van der Waals surface area (Å²) >= 11 is 0. The smallest absolute Gasteiger partial charge is 0.153 e. The Morgan fingerprint density at radius 3 is 2.70 bits per heavy atom. The minimum Gasteiger partial charge on any atom is -0.298 e. The fraction of sp³-hybridized carbons (Fsp3) is 0.412. The van der Waals surface area contributed by atoms with Crippen molar-refractivity contribution in [1.82, 2.24) is 9.78 Å². The summed E-state index contributed by atoms with van der Waals surface area (Å²) in [5.74, 6) is 0.460. The van der Waals surface area contributed by atoms with E-state index < -0.39 is 0 Å². The highest BCUT2D eigenvalue weighted by molar-refractivity contribution is 5.76. The average Bonchev–Trinajstić information content (AvgIpc) is 3.09. The quantitative estimate of drug-likeness (QED) is 0.790. The van der Waals surface area contributed by atoms with E-state index in [4.69, 9.17) is 5.10 Å². The van der Waals surface area contributed by atoms with E-state index in [0.29, 0.717) is 5.92 Å². The summed E-state index contributed by atoms with van der Waals surface area (Å²) in [7, 11) is 0. The Kier molecular flexibility index (Phi) is 3.43. The number of benzene rings is 1. The Morgan fingerprint density at radius 2 is 2.00 bits per heavy atom. The van der Waals surface area contributed by atoms with Gasteiger partial charge in [0, 0.05) is 12.1 Å². The van der Waals surface area contributed by atoms with Crippen LogP contribution in [0.15, 0.2) is 24.4 Å². The monoisotopic (exact) mass is 268 g/mol. The molecule has 20 heavy (non-hydrogen) atoms. The maximum absolute atomic E-state index is 11.3. The van der Waals surface area contributed by atoms with Gasteiger partial charge in [-0.05, 0) is 43.9 Å². The molecule has 1 saturated carbocycles. The third-order valence-corrected chi connectivity index (χ3v) is 4.25. The van der Waals surface area contributed by atoms with Crippen molar-refractivity contribution < 1.29 is 4.79 Å². The number of carbonyl (C=O) groups excluding carboxylic acids is 1. The first-order valence-corrected chi connectivity index (χ1v) is 7.31. The van der Waals surface area contributed by atoms with Crippen LogP contribution in [0.4, 0.5) is 0 Å². The number of rotatable bonds is 3. The molecular formula is C17H20N2O. The second kappa shape index (κ2) is 5.23. The Hall–Kier alpha value is -1.90. The third kappa shape index (κ3) is 2.28. The van der Waals surface area contributed by atoms with Crippen LogP contribution < -0.4 is 0 Å². The summed E-state index contributed by atoms with van der Waals surface area (Å²) in [6.07, 6.45) is 7.64. The van der Waals surface area contributed by atoms with Crippen molar-refractivity contribution >= 4 is 6.29 Å². The minimum atomic E-state index is 0.460. The lowest BCUT2D eigenvalue weighted by atomic mass is 10.0. The van der Waals surface area contributed by atoms with Crippen LogP contribution in [0.25, 0.3) is 5.69 Å². The highest BCUT2D eigenvalue weighted by Crippen LogP contribution is 2.35. The molecule has 0 spiro atoms. The number of nitrogens with zero attached hydrogens (tertiary/aromatic N) is 2. The van der Waals surface area contributed by atoms with Gasteiger partial charge in [-0.3, -0.25) is 4.79 Å². The van der Waals surface area contributed by atoms with Crippen molar-refractivity contribution in [2.24, 2.45) is 0 Å². The molecule has 3 rings (SSSR count). The van der Waals surface area contributed by atoms with E-state index in [1.807, 2.05) is 10.9 Å². The molecule has 1 aromatic carbocycles. The molecule has 0 amide bonds. The molecule has 1 fully saturated rings. The van der Waals surface area contributed by atoms with Crippen LogP contribution in [0.5, 0.6) is 0 Å². The molecule has 0 atom stereocenters. The first kappa shape index (κ1) is 13.1. The van der Waals surface area contributed by atoms with Crippen molar-refractivity contribution in [3.8, 4) is 5.69 Å². The van der Waals surface area contributed by atoms with Gasteiger partial charge < -0.3 is 0 Å². The van der Waals surface area contributed by atoms with Crippen LogP contribution >= 0.6 is 0 Å².